The highest BCUT2D eigenvalue weighted by atomic mass is 16.5. The molecule has 2 aromatic rings. The number of Topliss-reactive ketones (excluding diaryl/α,β-unsaturated/α-hetero) is 1. The lowest BCUT2D eigenvalue weighted by Gasteiger charge is -2.15. The van der Waals surface area contributed by atoms with E-state index in [1.165, 1.54) is 14.0 Å². The SMILES string of the molecule is COc1c(C)c2c(c(O)c1C/C=C(\C)CCC(=O)Nc1cccc(C(C)=O)c1)C(=O)OC2. The predicted octanol–water partition coefficient (Wildman–Crippen LogP) is 4.49. The molecule has 0 atom stereocenters. The summed E-state index contributed by atoms with van der Waals surface area (Å²) in [4.78, 5) is 35.8. The van der Waals surface area contributed by atoms with Gasteiger partial charge in [-0.1, -0.05) is 23.8 Å². The van der Waals surface area contributed by atoms with Gasteiger partial charge in [-0.3, -0.25) is 9.59 Å². The smallest absolute Gasteiger partial charge is 0.342 e. The van der Waals surface area contributed by atoms with Crippen LogP contribution in [0.3, 0.4) is 0 Å². The van der Waals surface area contributed by atoms with E-state index in [0.717, 1.165) is 11.1 Å². The number of cyclic esters (lactones) is 1. The standard InChI is InChI=1S/C25H27NO6/c1-14(9-11-21(28)26-18-7-5-6-17(12-18)16(3)27)8-10-19-23(29)22-20(13-32-25(22)30)15(2)24(19)31-4/h5-8,12,29H,9-11,13H2,1-4H3,(H,26,28)/b14-8+. The molecule has 32 heavy (non-hydrogen) atoms. The summed E-state index contributed by atoms with van der Waals surface area (Å²) < 4.78 is 10.6. The second kappa shape index (κ2) is 9.68. The average Bonchev–Trinajstić information content (AvgIpc) is 3.16. The summed E-state index contributed by atoms with van der Waals surface area (Å²) in [6, 6.07) is 6.82. The molecule has 0 aromatic heterocycles. The number of allylic oxidation sites excluding steroid dienone is 2. The van der Waals surface area contributed by atoms with Gasteiger partial charge in [-0.15, -0.1) is 0 Å². The fourth-order valence-corrected chi connectivity index (χ4v) is 3.76. The van der Waals surface area contributed by atoms with Crippen molar-refractivity contribution >= 4 is 23.3 Å². The van der Waals surface area contributed by atoms with E-state index in [9.17, 15) is 19.5 Å². The maximum atomic E-state index is 12.3. The van der Waals surface area contributed by atoms with E-state index >= 15 is 0 Å². The van der Waals surface area contributed by atoms with Gasteiger partial charge in [0.2, 0.25) is 5.91 Å². The molecule has 0 spiro atoms. The molecule has 0 saturated heterocycles. The van der Waals surface area contributed by atoms with E-state index in [1.54, 1.807) is 24.3 Å². The summed E-state index contributed by atoms with van der Waals surface area (Å²) in [6.45, 7) is 5.35. The number of benzene rings is 2. The highest BCUT2D eigenvalue weighted by Crippen LogP contribution is 2.42. The van der Waals surface area contributed by atoms with Crippen LogP contribution in [0.25, 0.3) is 0 Å². The van der Waals surface area contributed by atoms with Crippen molar-refractivity contribution in [2.45, 2.75) is 46.6 Å². The van der Waals surface area contributed by atoms with Crippen molar-refractivity contribution in [1.29, 1.82) is 0 Å². The minimum absolute atomic E-state index is 0.0615. The number of phenols is 1. The van der Waals surface area contributed by atoms with Gasteiger partial charge in [-0.2, -0.15) is 0 Å². The molecule has 7 nitrogen and oxygen atoms in total. The lowest BCUT2D eigenvalue weighted by molar-refractivity contribution is -0.116. The second-order valence-electron chi connectivity index (χ2n) is 7.85. The Bertz CT molecular complexity index is 1120. The number of ether oxygens (including phenoxy) is 2. The van der Waals surface area contributed by atoms with Gasteiger partial charge in [0.05, 0.1) is 7.11 Å². The van der Waals surface area contributed by atoms with E-state index in [-0.39, 0.29) is 36.0 Å². The van der Waals surface area contributed by atoms with Crippen molar-refractivity contribution in [3.8, 4) is 11.5 Å². The van der Waals surface area contributed by atoms with Crippen molar-refractivity contribution in [3.63, 3.8) is 0 Å². The van der Waals surface area contributed by atoms with Crippen LogP contribution in [0.15, 0.2) is 35.9 Å². The Hall–Kier alpha value is -3.61. The van der Waals surface area contributed by atoms with E-state index < -0.39 is 5.97 Å². The van der Waals surface area contributed by atoms with Gasteiger partial charge in [0.1, 0.15) is 23.7 Å². The Morgan fingerprint density at radius 3 is 2.69 bits per heavy atom. The van der Waals surface area contributed by atoms with Crippen LogP contribution >= 0.6 is 0 Å². The Labute approximate surface area is 187 Å². The molecule has 0 radical (unpaired) electrons. The first-order valence-corrected chi connectivity index (χ1v) is 10.4. The number of anilines is 1. The van der Waals surface area contributed by atoms with Gasteiger partial charge in [-0.25, -0.2) is 4.79 Å². The van der Waals surface area contributed by atoms with Gasteiger partial charge in [-0.05, 0) is 51.3 Å². The van der Waals surface area contributed by atoms with E-state index in [4.69, 9.17) is 9.47 Å². The van der Waals surface area contributed by atoms with Crippen molar-refractivity contribution in [1.82, 2.24) is 0 Å². The lowest BCUT2D eigenvalue weighted by Crippen LogP contribution is -2.11. The number of amides is 1. The number of carbonyl (C=O) groups is 3. The molecule has 0 aliphatic carbocycles. The lowest BCUT2D eigenvalue weighted by atomic mass is 9.94. The largest absolute Gasteiger partial charge is 0.507 e. The third-order valence-electron chi connectivity index (χ3n) is 5.60. The maximum Gasteiger partial charge on any atom is 0.342 e. The van der Waals surface area contributed by atoms with Gasteiger partial charge in [0, 0.05) is 28.8 Å². The van der Waals surface area contributed by atoms with Crippen LogP contribution in [-0.2, 0) is 22.6 Å². The topological polar surface area (TPSA) is 102 Å². The summed E-state index contributed by atoms with van der Waals surface area (Å²) in [6.07, 6.45) is 3.05. The molecule has 2 N–H and O–H groups in total. The maximum absolute atomic E-state index is 12.3. The van der Waals surface area contributed by atoms with Crippen LogP contribution in [0.4, 0.5) is 5.69 Å². The van der Waals surface area contributed by atoms with E-state index in [2.05, 4.69) is 5.32 Å². The number of phenolic OH excluding ortho intramolecular Hbond substituents is 1. The normalized spacial score (nSPS) is 12.9. The Kier molecular flexibility index (Phi) is 6.98. The third kappa shape index (κ3) is 4.82. The van der Waals surface area contributed by atoms with Gasteiger partial charge in [0.25, 0.3) is 0 Å². The Morgan fingerprint density at radius 1 is 1.25 bits per heavy atom. The Morgan fingerprint density at radius 2 is 2.00 bits per heavy atom. The Balaban J connectivity index is 1.67. The molecule has 0 saturated carbocycles. The first-order chi connectivity index (χ1) is 15.2. The molecule has 1 heterocycles. The first-order valence-electron chi connectivity index (χ1n) is 10.4. The summed E-state index contributed by atoms with van der Waals surface area (Å²) >= 11 is 0. The van der Waals surface area contributed by atoms with E-state index in [1.807, 2.05) is 19.9 Å². The molecule has 1 aliphatic rings. The molecule has 168 valence electrons. The number of hydrogen-bond donors (Lipinski definition) is 2. The van der Waals surface area contributed by atoms with Crippen molar-refractivity contribution in [2.75, 3.05) is 12.4 Å². The predicted molar refractivity (Wildman–Crippen MR) is 120 cm³/mol. The van der Waals surface area contributed by atoms with Crippen molar-refractivity contribution in [2.24, 2.45) is 0 Å². The molecule has 0 bridgehead atoms. The third-order valence-corrected chi connectivity index (χ3v) is 5.60. The molecule has 0 fully saturated rings. The van der Waals surface area contributed by atoms with Gasteiger partial charge >= 0.3 is 5.97 Å². The summed E-state index contributed by atoms with van der Waals surface area (Å²) in [5, 5.41) is 13.5. The molecule has 0 unspecified atom stereocenters. The monoisotopic (exact) mass is 437 g/mol. The molecular formula is C25H27NO6. The van der Waals surface area contributed by atoms with Gasteiger partial charge < -0.3 is 19.9 Å². The highest BCUT2D eigenvalue weighted by Gasteiger charge is 2.31. The molecular weight excluding hydrogens is 410 g/mol. The van der Waals surface area contributed by atoms with Crippen LogP contribution in [0, 0.1) is 6.92 Å². The fraction of sp³-hybridized carbons (Fsp3) is 0.320. The van der Waals surface area contributed by atoms with Crippen LogP contribution < -0.4 is 10.1 Å². The quantitative estimate of drug-likeness (QED) is 0.358. The second-order valence-corrected chi connectivity index (χ2v) is 7.85. The first kappa shape index (κ1) is 23.1. The number of esters is 1. The summed E-state index contributed by atoms with van der Waals surface area (Å²) in [5.41, 5.74) is 4.24. The van der Waals surface area contributed by atoms with Crippen LogP contribution in [-0.4, -0.2) is 29.9 Å². The van der Waals surface area contributed by atoms with Crippen LogP contribution in [0.1, 0.15) is 64.1 Å². The molecule has 1 aliphatic heterocycles. The minimum atomic E-state index is -0.532. The van der Waals surface area contributed by atoms with Crippen LogP contribution in [0.2, 0.25) is 0 Å². The zero-order valence-corrected chi connectivity index (χ0v) is 18.7. The molecule has 7 heteroatoms. The number of fused-ring (bicyclic) bond motifs is 1. The zero-order chi connectivity index (χ0) is 23.4. The molecule has 2 aromatic carbocycles. The number of rotatable bonds is 8. The number of nitrogens with one attached hydrogen (secondary N) is 1. The number of aromatic hydroxyl groups is 1. The van der Waals surface area contributed by atoms with Crippen LogP contribution in [0.5, 0.6) is 11.5 Å². The molecule has 3 rings (SSSR count). The summed E-state index contributed by atoms with van der Waals surface area (Å²) in [7, 11) is 1.53. The van der Waals surface area contributed by atoms with E-state index in [0.29, 0.717) is 41.0 Å². The number of carbonyl (C=O) groups excluding carboxylic acids is 3. The number of methoxy groups -OCH3 is 1. The zero-order valence-electron chi connectivity index (χ0n) is 18.7. The minimum Gasteiger partial charge on any atom is -0.507 e. The molecule has 1 amide bonds. The summed E-state index contributed by atoms with van der Waals surface area (Å²) in [5.74, 6) is -0.330. The van der Waals surface area contributed by atoms with Gasteiger partial charge in [0.15, 0.2) is 5.78 Å². The number of ketones is 1. The van der Waals surface area contributed by atoms with Crippen molar-refractivity contribution < 1.29 is 29.0 Å². The number of hydrogen-bond acceptors (Lipinski definition) is 6. The van der Waals surface area contributed by atoms with Crippen molar-refractivity contribution in [3.05, 3.63) is 63.7 Å². The average molecular weight is 437 g/mol. The fourth-order valence-electron chi connectivity index (χ4n) is 3.76. The highest BCUT2D eigenvalue weighted by molar-refractivity contribution is 5.98.